The Morgan fingerprint density at radius 3 is 0.857 bits per heavy atom. The zero-order valence-electron chi connectivity index (χ0n) is 49.4. The number of esters is 3. The van der Waals surface area contributed by atoms with Crippen molar-refractivity contribution in [3.8, 4) is 0 Å². The van der Waals surface area contributed by atoms with Crippen LogP contribution in [0, 0.1) is 0 Å². The van der Waals surface area contributed by atoms with E-state index in [0.717, 1.165) is 122 Å². The molecule has 6 heteroatoms. The van der Waals surface area contributed by atoms with Crippen LogP contribution < -0.4 is 0 Å². The Balaban J connectivity index is 4.31. The van der Waals surface area contributed by atoms with Crippen molar-refractivity contribution >= 4 is 17.9 Å². The number of ether oxygens (including phenoxy) is 3. The van der Waals surface area contributed by atoms with Crippen LogP contribution in [0.3, 0.4) is 0 Å². The molecule has 0 amide bonds. The molecule has 0 aromatic heterocycles. The SMILES string of the molecule is CC/C=C\C/C=C\C/C=C\C/C=C\C/C=C\C/C=C\C/C=C\C/C=C\CCCCCCCCCCC(=O)OCC(COC(=O)CCCCCCCCCCCCC)OC(=O)C/C=C\C/C=C\C/C=C\C/C=C\C/C=C\CC. The molecular formula is C71H112O6. The van der Waals surface area contributed by atoms with E-state index in [9.17, 15) is 14.4 Å². The third kappa shape index (κ3) is 61.8. The highest BCUT2D eigenvalue weighted by Crippen LogP contribution is 2.14. The third-order valence-corrected chi connectivity index (χ3v) is 12.6. The maximum Gasteiger partial charge on any atom is 0.310 e. The first kappa shape index (κ1) is 72.0. The van der Waals surface area contributed by atoms with Gasteiger partial charge in [-0.15, -0.1) is 0 Å². The summed E-state index contributed by atoms with van der Waals surface area (Å²) in [5.41, 5.74) is 0. The molecule has 1 unspecified atom stereocenters. The number of rotatable bonds is 54. The summed E-state index contributed by atoms with van der Waals surface area (Å²) in [4.78, 5) is 38.1. The molecule has 0 spiro atoms. The van der Waals surface area contributed by atoms with E-state index in [1.165, 1.54) is 83.5 Å². The number of carbonyl (C=O) groups excluding carboxylic acids is 3. The molecule has 0 bridgehead atoms. The van der Waals surface area contributed by atoms with Crippen molar-refractivity contribution in [2.75, 3.05) is 13.2 Å². The predicted octanol–water partition coefficient (Wildman–Crippen LogP) is 21.3. The van der Waals surface area contributed by atoms with Gasteiger partial charge in [-0.1, -0.05) is 281 Å². The molecule has 0 saturated heterocycles. The molecule has 0 aliphatic carbocycles. The van der Waals surface area contributed by atoms with Gasteiger partial charge >= 0.3 is 17.9 Å². The molecule has 0 aliphatic rings. The van der Waals surface area contributed by atoms with Gasteiger partial charge in [-0.2, -0.15) is 0 Å². The van der Waals surface area contributed by atoms with Crippen LogP contribution in [0.5, 0.6) is 0 Å². The van der Waals surface area contributed by atoms with Gasteiger partial charge in [0, 0.05) is 12.8 Å². The van der Waals surface area contributed by atoms with Gasteiger partial charge in [0.05, 0.1) is 6.42 Å². The van der Waals surface area contributed by atoms with Crippen molar-refractivity contribution in [3.05, 3.63) is 158 Å². The van der Waals surface area contributed by atoms with Crippen LogP contribution in [0.4, 0.5) is 0 Å². The number of hydrogen-bond donors (Lipinski definition) is 0. The zero-order valence-corrected chi connectivity index (χ0v) is 49.4. The quantitative estimate of drug-likeness (QED) is 0.0261. The second kappa shape index (κ2) is 63.6. The molecule has 0 aromatic carbocycles. The van der Waals surface area contributed by atoms with Gasteiger partial charge in [-0.05, 0) is 109 Å². The largest absolute Gasteiger partial charge is 0.462 e. The summed E-state index contributed by atoms with van der Waals surface area (Å²) < 4.78 is 16.7. The maximum absolute atomic E-state index is 12.8. The van der Waals surface area contributed by atoms with Gasteiger partial charge in [0.2, 0.25) is 0 Å². The first-order valence-electron chi connectivity index (χ1n) is 31.0. The van der Waals surface area contributed by atoms with E-state index >= 15 is 0 Å². The average Bonchev–Trinajstić information content (AvgIpc) is 3.43. The Hall–Kier alpha value is -4.97. The molecule has 0 N–H and O–H groups in total. The van der Waals surface area contributed by atoms with Crippen LogP contribution in [-0.2, 0) is 28.6 Å². The molecule has 0 heterocycles. The number of allylic oxidation sites excluding steroid dienone is 25. The summed E-state index contributed by atoms with van der Waals surface area (Å²) in [6, 6.07) is 0. The van der Waals surface area contributed by atoms with Crippen LogP contribution in [0.1, 0.15) is 252 Å². The lowest BCUT2D eigenvalue weighted by atomic mass is 10.1. The normalized spacial score (nSPS) is 13.2. The Labute approximate surface area is 473 Å². The lowest BCUT2D eigenvalue weighted by Crippen LogP contribution is -2.30. The fourth-order valence-electron chi connectivity index (χ4n) is 8.00. The van der Waals surface area contributed by atoms with E-state index in [1.807, 2.05) is 6.08 Å². The molecule has 6 nitrogen and oxygen atoms in total. The second-order valence-electron chi connectivity index (χ2n) is 19.9. The molecular weight excluding hydrogens is 949 g/mol. The van der Waals surface area contributed by atoms with Gasteiger partial charge in [0.15, 0.2) is 6.10 Å². The van der Waals surface area contributed by atoms with E-state index in [4.69, 9.17) is 14.2 Å². The highest BCUT2D eigenvalue weighted by Gasteiger charge is 2.19. The maximum atomic E-state index is 12.8. The number of unbranched alkanes of at least 4 members (excludes halogenated alkanes) is 18. The Kier molecular flexibility index (Phi) is 59.5. The molecule has 432 valence electrons. The molecule has 1 atom stereocenters. The standard InChI is InChI=1S/C71H112O6/c1-4-7-10-13-16-19-22-24-26-27-28-29-30-31-32-33-34-35-36-37-38-39-40-41-42-43-45-46-49-52-55-58-61-64-70(73)76-67-68(66-75-69(72)63-60-57-54-51-48-21-18-15-12-9-6-3)77-71(74)65-62-59-56-53-50-47-44-25-23-20-17-14-11-8-5-2/h7-8,10-11,16-17,19-20,24-26,28-29,31-32,34-35,37-38,40-41,44,50,53,59,62,68H,4-6,9,12-15,18,21-23,27,30,33,36,39,42-43,45-49,51-52,54-58,60-61,63-67H2,1-3H3/b10-7-,11-8-,19-16-,20-17-,26-24-,29-28-,32-31-,35-34-,38-37-,41-40-,44-25-,53-50-,62-59-. The lowest BCUT2D eigenvalue weighted by Gasteiger charge is -2.18. The Morgan fingerprint density at radius 1 is 0.286 bits per heavy atom. The second-order valence-corrected chi connectivity index (χ2v) is 19.9. The molecule has 0 fully saturated rings. The van der Waals surface area contributed by atoms with Crippen molar-refractivity contribution in [3.63, 3.8) is 0 Å². The van der Waals surface area contributed by atoms with Gasteiger partial charge < -0.3 is 14.2 Å². The Bertz CT molecular complexity index is 1740. The smallest absolute Gasteiger partial charge is 0.310 e. The van der Waals surface area contributed by atoms with Crippen LogP contribution in [0.25, 0.3) is 0 Å². The van der Waals surface area contributed by atoms with Gasteiger partial charge in [-0.3, -0.25) is 14.4 Å². The summed E-state index contributed by atoms with van der Waals surface area (Å²) in [7, 11) is 0. The molecule has 0 aromatic rings. The lowest BCUT2D eigenvalue weighted by molar-refractivity contribution is -0.166. The van der Waals surface area contributed by atoms with Crippen LogP contribution in [-0.4, -0.2) is 37.2 Å². The van der Waals surface area contributed by atoms with Gasteiger partial charge in [-0.25, -0.2) is 0 Å². The molecule has 0 aliphatic heterocycles. The highest BCUT2D eigenvalue weighted by atomic mass is 16.6. The van der Waals surface area contributed by atoms with Crippen molar-refractivity contribution in [1.82, 2.24) is 0 Å². The minimum absolute atomic E-state index is 0.0901. The average molecular weight is 1060 g/mol. The van der Waals surface area contributed by atoms with E-state index < -0.39 is 12.1 Å². The van der Waals surface area contributed by atoms with Crippen molar-refractivity contribution in [2.45, 2.75) is 258 Å². The highest BCUT2D eigenvalue weighted by molar-refractivity contribution is 5.72. The molecule has 0 radical (unpaired) electrons. The van der Waals surface area contributed by atoms with E-state index in [1.54, 1.807) is 6.08 Å². The van der Waals surface area contributed by atoms with Gasteiger partial charge in [0.25, 0.3) is 0 Å². The molecule has 0 rings (SSSR count). The first-order valence-corrected chi connectivity index (χ1v) is 31.0. The minimum atomic E-state index is -0.840. The monoisotopic (exact) mass is 1060 g/mol. The topological polar surface area (TPSA) is 78.9 Å². The Morgan fingerprint density at radius 2 is 0.545 bits per heavy atom. The molecule has 0 saturated carbocycles. The van der Waals surface area contributed by atoms with Crippen LogP contribution in [0.2, 0.25) is 0 Å². The third-order valence-electron chi connectivity index (χ3n) is 12.6. The molecule has 77 heavy (non-hydrogen) atoms. The summed E-state index contributed by atoms with van der Waals surface area (Å²) in [5.74, 6) is -1.07. The van der Waals surface area contributed by atoms with E-state index in [-0.39, 0.29) is 31.6 Å². The minimum Gasteiger partial charge on any atom is -0.462 e. The van der Waals surface area contributed by atoms with Gasteiger partial charge in [0.1, 0.15) is 13.2 Å². The van der Waals surface area contributed by atoms with Crippen LogP contribution >= 0.6 is 0 Å². The fraction of sp³-hybridized carbons (Fsp3) is 0.592. The van der Waals surface area contributed by atoms with E-state index in [2.05, 4.69) is 167 Å². The summed E-state index contributed by atoms with van der Waals surface area (Å²) in [6.45, 7) is 6.30. The first-order chi connectivity index (χ1) is 38.0. The predicted molar refractivity (Wildman–Crippen MR) is 334 cm³/mol. The number of carbonyl (C=O) groups is 3. The zero-order chi connectivity index (χ0) is 55.7. The van der Waals surface area contributed by atoms with Crippen molar-refractivity contribution in [1.29, 1.82) is 0 Å². The summed E-state index contributed by atoms with van der Waals surface area (Å²) in [5, 5.41) is 0. The number of hydrogen-bond acceptors (Lipinski definition) is 6. The van der Waals surface area contributed by atoms with Crippen LogP contribution in [0.15, 0.2) is 158 Å². The van der Waals surface area contributed by atoms with Crippen molar-refractivity contribution in [2.24, 2.45) is 0 Å². The fourth-order valence-corrected chi connectivity index (χ4v) is 8.00. The van der Waals surface area contributed by atoms with Crippen molar-refractivity contribution < 1.29 is 28.6 Å². The summed E-state index contributed by atoms with van der Waals surface area (Å²) >= 11 is 0. The van der Waals surface area contributed by atoms with E-state index in [0.29, 0.717) is 19.3 Å². The summed E-state index contributed by atoms with van der Waals surface area (Å²) in [6.07, 6.45) is 92.8.